The van der Waals surface area contributed by atoms with Crippen LogP contribution in [0.3, 0.4) is 0 Å². The normalized spacial score (nSPS) is 18.8. The van der Waals surface area contributed by atoms with Gasteiger partial charge in [0.1, 0.15) is 5.82 Å². The Labute approximate surface area is 182 Å². The van der Waals surface area contributed by atoms with Gasteiger partial charge in [-0.15, -0.1) is 0 Å². The highest BCUT2D eigenvalue weighted by atomic mass is 16.5. The number of likely N-dealkylation sites (tertiary alicyclic amines) is 1. The van der Waals surface area contributed by atoms with Crippen LogP contribution >= 0.6 is 0 Å². The zero-order valence-corrected chi connectivity index (χ0v) is 18.6. The summed E-state index contributed by atoms with van der Waals surface area (Å²) in [6, 6.07) is 3.99. The number of carbonyl (C=O) groups excluding carboxylic acids is 1. The van der Waals surface area contributed by atoms with Crippen LogP contribution in [-0.4, -0.2) is 55.3 Å². The maximum Gasteiger partial charge on any atom is 0.258 e. The van der Waals surface area contributed by atoms with Crippen molar-refractivity contribution in [1.82, 2.24) is 29.6 Å². The van der Waals surface area contributed by atoms with Crippen LogP contribution in [-0.2, 0) is 4.74 Å². The Morgan fingerprint density at radius 3 is 2.77 bits per heavy atom. The third kappa shape index (κ3) is 3.99. The molecule has 0 aliphatic carbocycles. The summed E-state index contributed by atoms with van der Waals surface area (Å²) in [6.07, 6.45) is 9.66. The number of rotatable bonds is 7. The SMILES string of the molecule is CCC(CC)n1ncc(C(=O)N2C[C@H](OC)C[C@H]2c2ncc(-c3cccnc3)[nH]2)c1C. The standard InChI is InChI=1S/C23H30N6O2/c1-5-17(6-2)29-15(3)19(12-26-29)23(30)28-14-18(31-4)10-21(28)22-25-13-20(27-22)16-8-7-9-24-11-16/h7-9,11-13,17-18,21H,5-6,10,14H2,1-4H3,(H,25,27)/t18-,21+/m1/s1. The minimum atomic E-state index is -0.182. The third-order valence-corrected chi connectivity index (χ3v) is 6.30. The van der Waals surface area contributed by atoms with Crippen LogP contribution in [0, 0.1) is 6.92 Å². The van der Waals surface area contributed by atoms with Crippen LogP contribution in [0.15, 0.2) is 36.9 Å². The number of nitrogens with one attached hydrogen (secondary N) is 1. The van der Waals surface area contributed by atoms with Crippen molar-refractivity contribution >= 4 is 5.91 Å². The van der Waals surface area contributed by atoms with Crippen LogP contribution in [0.1, 0.15) is 67.1 Å². The van der Waals surface area contributed by atoms with E-state index in [2.05, 4.69) is 33.9 Å². The van der Waals surface area contributed by atoms with E-state index in [1.807, 2.05) is 28.6 Å². The maximum atomic E-state index is 13.6. The lowest BCUT2D eigenvalue weighted by Crippen LogP contribution is -2.32. The molecule has 1 N–H and O–H groups in total. The first-order valence-corrected chi connectivity index (χ1v) is 10.9. The molecule has 1 aliphatic rings. The number of aromatic nitrogens is 5. The summed E-state index contributed by atoms with van der Waals surface area (Å²) in [7, 11) is 1.69. The number of aromatic amines is 1. The van der Waals surface area contributed by atoms with Gasteiger partial charge in [0.15, 0.2) is 0 Å². The number of H-pyrrole nitrogens is 1. The first-order valence-electron chi connectivity index (χ1n) is 10.9. The predicted molar refractivity (Wildman–Crippen MR) is 118 cm³/mol. The van der Waals surface area contributed by atoms with Gasteiger partial charge < -0.3 is 14.6 Å². The van der Waals surface area contributed by atoms with Gasteiger partial charge in [-0.25, -0.2) is 4.98 Å². The van der Waals surface area contributed by atoms with E-state index in [1.165, 1.54) is 0 Å². The lowest BCUT2D eigenvalue weighted by Gasteiger charge is -2.23. The number of pyridine rings is 1. The van der Waals surface area contributed by atoms with Gasteiger partial charge in [0.2, 0.25) is 0 Å². The molecule has 0 unspecified atom stereocenters. The molecule has 4 rings (SSSR count). The average molecular weight is 423 g/mol. The van der Waals surface area contributed by atoms with Crippen molar-refractivity contribution in [3.8, 4) is 11.3 Å². The third-order valence-electron chi connectivity index (χ3n) is 6.30. The molecule has 8 heteroatoms. The zero-order valence-electron chi connectivity index (χ0n) is 18.6. The van der Waals surface area contributed by atoms with Gasteiger partial charge in [-0.1, -0.05) is 13.8 Å². The molecule has 0 bridgehead atoms. The summed E-state index contributed by atoms with van der Waals surface area (Å²) in [5.41, 5.74) is 3.40. The van der Waals surface area contributed by atoms with Gasteiger partial charge in [0.05, 0.1) is 41.8 Å². The fraction of sp³-hybridized carbons (Fsp3) is 0.478. The molecule has 0 saturated carbocycles. The summed E-state index contributed by atoms with van der Waals surface area (Å²) >= 11 is 0. The molecular formula is C23H30N6O2. The Kier molecular flexibility index (Phi) is 6.18. The molecule has 164 valence electrons. The van der Waals surface area contributed by atoms with E-state index < -0.39 is 0 Å². The highest BCUT2D eigenvalue weighted by molar-refractivity contribution is 5.95. The Morgan fingerprint density at radius 1 is 1.29 bits per heavy atom. The number of hydrogen-bond acceptors (Lipinski definition) is 5. The van der Waals surface area contributed by atoms with E-state index in [-0.39, 0.29) is 18.1 Å². The Bertz CT molecular complexity index is 1020. The highest BCUT2D eigenvalue weighted by Crippen LogP contribution is 2.34. The van der Waals surface area contributed by atoms with E-state index in [0.29, 0.717) is 24.6 Å². The molecule has 1 saturated heterocycles. The summed E-state index contributed by atoms with van der Waals surface area (Å²) in [5.74, 6) is 0.732. The number of methoxy groups -OCH3 is 1. The zero-order chi connectivity index (χ0) is 22.0. The molecule has 1 aliphatic heterocycles. The van der Waals surface area contributed by atoms with Crippen molar-refractivity contribution in [1.29, 1.82) is 0 Å². The Hall–Kier alpha value is -3.00. The minimum absolute atomic E-state index is 0.0291. The van der Waals surface area contributed by atoms with Crippen LogP contribution in [0.4, 0.5) is 0 Å². The first-order chi connectivity index (χ1) is 15.1. The molecule has 1 amide bonds. The molecule has 0 aromatic carbocycles. The Balaban J connectivity index is 1.63. The molecular weight excluding hydrogens is 392 g/mol. The molecule has 2 atom stereocenters. The highest BCUT2D eigenvalue weighted by Gasteiger charge is 2.39. The van der Waals surface area contributed by atoms with Gasteiger partial charge in [-0.3, -0.25) is 14.5 Å². The smallest absolute Gasteiger partial charge is 0.258 e. The lowest BCUT2D eigenvalue weighted by molar-refractivity contribution is 0.0683. The second-order valence-corrected chi connectivity index (χ2v) is 8.05. The van der Waals surface area contributed by atoms with Crippen LogP contribution in [0.5, 0.6) is 0 Å². The number of hydrogen-bond donors (Lipinski definition) is 1. The minimum Gasteiger partial charge on any atom is -0.380 e. The molecule has 3 aromatic heterocycles. The number of ether oxygens (including phenoxy) is 1. The number of nitrogens with zero attached hydrogens (tertiary/aromatic N) is 5. The van der Waals surface area contributed by atoms with Gasteiger partial charge >= 0.3 is 0 Å². The van der Waals surface area contributed by atoms with E-state index in [4.69, 9.17) is 4.74 Å². The molecule has 3 aromatic rings. The number of imidazole rings is 1. The Morgan fingerprint density at radius 2 is 2.10 bits per heavy atom. The second kappa shape index (κ2) is 9.01. The molecule has 4 heterocycles. The van der Waals surface area contributed by atoms with Gasteiger partial charge in [0, 0.05) is 43.7 Å². The topological polar surface area (TPSA) is 88.9 Å². The van der Waals surface area contributed by atoms with Crippen LogP contribution in [0.25, 0.3) is 11.3 Å². The molecule has 1 fully saturated rings. The largest absolute Gasteiger partial charge is 0.380 e. The fourth-order valence-corrected chi connectivity index (χ4v) is 4.42. The fourth-order valence-electron chi connectivity index (χ4n) is 4.42. The van der Waals surface area contributed by atoms with Crippen molar-refractivity contribution in [3.63, 3.8) is 0 Å². The maximum absolute atomic E-state index is 13.6. The predicted octanol–water partition coefficient (Wildman–Crippen LogP) is 3.94. The van der Waals surface area contributed by atoms with Crippen molar-refractivity contribution in [2.24, 2.45) is 0 Å². The summed E-state index contributed by atoms with van der Waals surface area (Å²) < 4.78 is 7.60. The molecule has 0 radical (unpaired) electrons. The summed E-state index contributed by atoms with van der Waals surface area (Å²) in [6.45, 7) is 6.80. The van der Waals surface area contributed by atoms with E-state index in [0.717, 1.165) is 35.6 Å². The van der Waals surface area contributed by atoms with Gasteiger partial charge in [-0.05, 0) is 31.9 Å². The van der Waals surface area contributed by atoms with Crippen LogP contribution in [0.2, 0.25) is 0 Å². The monoisotopic (exact) mass is 422 g/mol. The number of amides is 1. The molecule has 31 heavy (non-hydrogen) atoms. The quantitative estimate of drug-likeness (QED) is 0.623. The van der Waals surface area contributed by atoms with Crippen LogP contribution < -0.4 is 0 Å². The van der Waals surface area contributed by atoms with E-state index in [9.17, 15) is 4.79 Å². The van der Waals surface area contributed by atoms with Crippen molar-refractivity contribution < 1.29 is 9.53 Å². The van der Waals surface area contributed by atoms with Crippen molar-refractivity contribution in [2.45, 2.75) is 58.2 Å². The van der Waals surface area contributed by atoms with E-state index in [1.54, 1.807) is 31.9 Å². The lowest BCUT2D eigenvalue weighted by atomic mass is 10.1. The van der Waals surface area contributed by atoms with Gasteiger partial charge in [-0.2, -0.15) is 5.10 Å². The number of carbonyl (C=O) groups is 1. The molecule has 0 spiro atoms. The van der Waals surface area contributed by atoms with E-state index >= 15 is 0 Å². The summed E-state index contributed by atoms with van der Waals surface area (Å²) in [5, 5.41) is 4.54. The first kappa shape index (κ1) is 21.2. The molecule has 8 nitrogen and oxygen atoms in total. The van der Waals surface area contributed by atoms with Crippen molar-refractivity contribution in [3.05, 3.63) is 54.0 Å². The van der Waals surface area contributed by atoms with Crippen molar-refractivity contribution in [2.75, 3.05) is 13.7 Å². The second-order valence-electron chi connectivity index (χ2n) is 8.05. The van der Waals surface area contributed by atoms with Gasteiger partial charge in [0.25, 0.3) is 5.91 Å². The summed E-state index contributed by atoms with van der Waals surface area (Å²) in [4.78, 5) is 27.6. The average Bonchev–Trinajstić information content (AvgIpc) is 3.53.